The van der Waals surface area contributed by atoms with Crippen LogP contribution < -0.4 is 5.90 Å². The van der Waals surface area contributed by atoms with Crippen molar-refractivity contribution in [2.24, 2.45) is 11.1 Å². The van der Waals surface area contributed by atoms with Crippen LogP contribution in [0.5, 0.6) is 0 Å². The number of benzene rings is 4. The summed E-state index contributed by atoms with van der Waals surface area (Å²) in [5.74, 6) is 1.83. The molecule has 4 aromatic carbocycles. The van der Waals surface area contributed by atoms with E-state index in [9.17, 15) is 38.0 Å². The molecule has 2 heterocycles. The van der Waals surface area contributed by atoms with E-state index in [4.69, 9.17) is 14.7 Å². The number of ketones is 1. The largest absolute Gasteiger partial charge is 0.446 e. The molecule has 13 nitrogen and oxygen atoms in total. The van der Waals surface area contributed by atoms with E-state index in [2.05, 4.69) is 48.3 Å². The number of rotatable bonds is 12. The molecule has 310 valence electrons. The van der Waals surface area contributed by atoms with E-state index in [1.54, 1.807) is 0 Å². The van der Waals surface area contributed by atoms with Gasteiger partial charge in [0.2, 0.25) is 11.8 Å². The van der Waals surface area contributed by atoms with E-state index in [1.165, 1.54) is 48.5 Å². The summed E-state index contributed by atoms with van der Waals surface area (Å²) in [7, 11) is 0. The number of carbonyl (C=O) groups excluding carboxylic acids is 5. The van der Waals surface area contributed by atoms with Crippen LogP contribution in [0, 0.1) is 11.6 Å². The molecular formula is C40H41F2I3N4O9. The van der Waals surface area contributed by atoms with Gasteiger partial charge in [-0.05, 0) is 72.4 Å². The number of oxime groups is 1. The number of Topliss-reactive ketones (excluding diaryl/α,β-unsaturated/α-hetero) is 1. The Hall–Kier alpha value is -4.13. The van der Waals surface area contributed by atoms with Crippen LogP contribution >= 0.6 is 61.2 Å². The van der Waals surface area contributed by atoms with E-state index in [1.807, 2.05) is 60.7 Å². The fourth-order valence-electron chi connectivity index (χ4n) is 5.96. The zero-order valence-corrected chi connectivity index (χ0v) is 37.4. The van der Waals surface area contributed by atoms with Crippen molar-refractivity contribution in [1.82, 2.24) is 9.80 Å². The molecule has 0 bridgehead atoms. The highest BCUT2D eigenvalue weighted by molar-refractivity contribution is 15.0. The van der Waals surface area contributed by atoms with Gasteiger partial charge in [-0.3, -0.25) is 14.4 Å². The van der Waals surface area contributed by atoms with Crippen molar-refractivity contribution in [2.75, 3.05) is 13.2 Å². The van der Waals surface area contributed by atoms with Crippen LogP contribution in [0.2, 0.25) is 0 Å². The Balaban J connectivity index is 0.000000363. The van der Waals surface area contributed by atoms with Gasteiger partial charge in [0.25, 0.3) is 0 Å². The van der Waals surface area contributed by atoms with Gasteiger partial charge in [0.1, 0.15) is 36.9 Å². The summed E-state index contributed by atoms with van der Waals surface area (Å²) in [4.78, 5) is 63.3. The average Bonchev–Trinajstić information content (AvgIpc) is 3.84. The number of nitrogens with two attached hydrogens (primary N) is 1. The van der Waals surface area contributed by atoms with E-state index in [-0.39, 0.29) is 79.9 Å². The van der Waals surface area contributed by atoms with Crippen molar-refractivity contribution >= 4 is 96.7 Å². The fraction of sp³-hybridized carbons (Fsp3) is 0.250. The fourth-order valence-corrected chi connectivity index (χ4v) is 5.96. The van der Waals surface area contributed by atoms with Gasteiger partial charge < -0.3 is 19.9 Å². The third-order valence-corrected chi connectivity index (χ3v) is 8.72. The Morgan fingerprint density at radius 2 is 1.02 bits per heavy atom. The second-order valence-corrected chi connectivity index (χ2v) is 12.2. The second-order valence-electron chi connectivity index (χ2n) is 12.2. The standard InChI is InChI=1S/C20H19FN2O4.C20H18FNO4.I2.HI.H3NO/c21-16-11-9-14(10-12-16)17(22-26)7-4-8-19(24)23-18(13-27-20(23)25)15-5-2-1-3-6-15;21-16-11-9-15(10-12-16)18(23)7-4-8-19(24)22-17(13-26-20(22)25)14-5-2-1-3-6-14;1-2;;1-2/h1-3,5-6,9-12,18,26H,4,7-8,13H2;1-3,5-6,9-12,17H,4,7-8,13H2;;1H;2H,1H2/b22-17+;;;;/t18-;17-;;;/m11.../s1. The molecule has 0 unspecified atom stereocenters. The zero-order valence-electron chi connectivity index (χ0n) is 30.8. The minimum absolute atomic E-state index is 0. The van der Waals surface area contributed by atoms with Gasteiger partial charge >= 0.3 is 12.2 Å². The van der Waals surface area contributed by atoms with Gasteiger partial charge in [-0.1, -0.05) is 78.0 Å². The summed E-state index contributed by atoms with van der Waals surface area (Å²) in [6.45, 7) is 0.261. The van der Waals surface area contributed by atoms with Crippen LogP contribution in [0.25, 0.3) is 0 Å². The van der Waals surface area contributed by atoms with E-state index < -0.39 is 30.1 Å². The Morgan fingerprint density at radius 3 is 1.41 bits per heavy atom. The van der Waals surface area contributed by atoms with Crippen molar-refractivity contribution in [3.63, 3.8) is 0 Å². The van der Waals surface area contributed by atoms with Crippen molar-refractivity contribution in [3.8, 4) is 0 Å². The lowest BCUT2D eigenvalue weighted by Gasteiger charge is -2.19. The molecule has 4 N–H and O–H groups in total. The van der Waals surface area contributed by atoms with Crippen molar-refractivity contribution in [1.29, 1.82) is 0 Å². The molecule has 58 heavy (non-hydrogen) atoms. The molecule has 4 amide bonds. The predicted octanol–water partition coefficient (Wildman–Crippen LogP) is 9.52. The minimum Gasteiger partial charge on any atom is -0.446 e. The number of nitrogens with zero attached hydrogens (tertiary/aromatic N) is 3. The predicted molar refractivity (Wildman–Crippen MR) is 237 cm³/mol. The van der Waals surface area contributed by atoms with Gasteiger partial charge in [-0.2, -0.15) is 0 Å². The summed E-state index contributed by atoms with van der Waals surface area (Å²) in [5, 5.41) is 18.9. The van der Waals surface area contributed by atoms with Crippen LogP contribution in [0.3, 0.4) is 0 Å². The van der Waals surface area contributed by atoms with E-state index >= 15 is 0 Å². The smallest absolute Gasteiger partial charge is 0.417 e. The monoisotopic (exact) mass is 1140 g/mol. The van der Waals surface area contributed by atoms with Crippen LogP contribution in [0.1, 0.15) is 77.7 Å². The first kappa shape index (κ1) is 50.0. The second kappa shape index (κ2) is 26.8. The molecule has 2 fully saturated rings. The Bertz CT molecular complexity index is 1950. The quantitative estimate of drug-likeness (QED) is 0.0405. The number of hydrogen-bond acceptors (Lipinski definition) is 11. The van der Waals surface area contributed by atoms with Crippen LogP contribution in [-0.2, 0) is 19.1 Å². The molecule has 0 saturated carbocycles. The maximum atomic E-state index is 13.0. The lowest BCUT2D eigenvalue weighted by atomic mass is 10.0. The molecule has 0 radical (unpaired) electrons. The lowest BCUT2D eigenvalue weighted by Crippen LogP contribution is -2.34. The summed E-state index contributed by atoms with van der Waals surface area (Å²) in [6.07, 6.45) is -0.00832. The first-order valence-electron chi connectivity index (χ1n) is 17.4. The zero-order chi connectivity index (χ0) is 41.7. The van der Waals surface area contributed by atoms with Crippen LogP contribution in [-0.4, -0.2) is 68.9 Å². The number of amides is 4. The molecule has 18 heteroatoms. The van der Waals surface area contributed by atoms with Gasteiger partial charge in [-0.25, -0.2) is 34.1 Å². The summed E-state index contributed by atoms with van der Waals surface area (Å²) in [6, 6.07) is 28.4. The molecule has 0 aromatic heterocycles. The van der Waals surface area contributed by atoms with Crippen LogP contribution in [0.4, 0.5) is 18.4 Å². The molecule has 2 aliphatic heterocycles. The topological polar surface area (TPSA) is 189 Å². The van der Waals surface area contributed by atoms with Gasteiger partial charge in [0.15, 0.2) is 5.78 Å². The molecular weight excluding hydrogens is 1100 g/mol. The highest BCUT2D eigenvalue weighted by Gasteiger charge is 2.39. The van der Waals surface area contributed by atoms with E-state index in [0.29, 0.717) is 36.1 Å². The van der Waals surface area contributed by atoms with Crippen LogP contribution in [0.15, 0.2) is 114 Å². The number of halogens is 5. The van der Waals surface area contributed by atoms with E-state index in [0.717, 1.165) is 20.9 Å². The highest BCUT2D eigenvalue weighted by Crippen LogP contribution is 2.30. The SMILES string of the molecule is I.II.NO.O=C(CCC/C(=N\O)c1ccc(F)cc1)N1C(=O)OC[C@@H]1c1ccccc1.O=C(CCCC(=O)N1C(=O)OC[C@@H]1c1ccccc1)c1ccc(F)cc1. The summed E-state index contributed by atoms with van der Waals surface area (Å²) >= 11 is 4.24. The molecule has 2 aliphatic rings. The summed E-state index contributed by atoms with van der Waals surface area (Å²) in [5.41, 5.74) is 3.00. The Kier molecular flexibility index (Phi) is 23.1. The number of cyclic esters (lactones) is 2. The number of hydrogen-bond donors (Lipinski definition) is 3. The normalized spacial score (nSPS) is 15.5. The third-order valence-electron chi connectivity index (χ3n) is 8.72. The first-order chi connectivity index (χ1) is 27.7. The minimum atomic E-state index is -0.659. The molecule has 0 spiro atoms. The number of imide groups is 2. The molecule has 0 aliphatic carbocycles. The Morgan fingerprint density at radius 1 is 0.638 bits per heavy atom. The molecule has 2 saturated heterocycles. The number of carbonyl (C=O) groups is 5. The van der Waals surface area contributed by atoms with Gasteiger partial charge in [0, 0.05) is 62.1 Å². The van der Waals surface area contributed by atoms with Crippen molar-refractivity contribution in [3.05, 3.63) is 143 Å². The molecule has 6 rings (SSSR count). The van der Waals surface area contributed by atoms with Gasteiger partial charge in [0.05, 0.1) is 5.71 Å². The van der Waals surface area contributed by atoms with Crippen molar-refractivity contribution in [2.45, 2.75) is 50.6 Å². The first-order valence-corrected chi connectivity index (χ1v) is 23.7. The Labute approximate surface area is 374 Å². The highest BCUT2D eigenvalue weighted by atomic mass is 128. The summed E-state index contributed by atoms with van der Waals surface area (Å²) < 4.78 is 36.0. The molecule has 2 atom stereocenters. The maximum Gasteiger partial charge on any atom is 0.417 e. The average molecular weight is 1140 g/mol. The lowest BCUT2D eigenvalue weighted by molar-refractivity contribution is -0.130. The third kappa shape index (κ3) is 14.6. The van der Waals surface area contributed by atoms with Gasteiger partial charge in [-0.15, -0.1) is 24.0 Å². The molecule has 4 aromatic rings. The number of ether oxygens (including phenoxy) is 2. The van der Waals surface area contributed by atoms with Crippen molar-refractivity contribution < 1.29 is 52.6 Å². The maximum absolute atomic E-state index is 13.0.